The Morgan fingerprint density at radius 1 is 0.933 bits per heavy atom. The van der Waals surface area contributed by atoms with Gasteiger partial charge < -0.3 is 5.32 Å². The molecule has 0 aliphatic heterocycles. The van der Waals surface area contributed by atoms with Crippen molar-refractivity contribution in [2.24, 2.45) is 17.3 Å². The van der Waals surface area contributed by atoms with Gasteiger partial charge in [-0.25, -0.2) is 0 Å². The third kappa shape index (κ3) is 2.38. The molecule has 86 valence electrons. The Kier molecular flexibility index (Phi) is 2.76. The zero-order chi connectivity index (χ0) is 10.1. The lowest BCUT2D eigenvalue weighted by Crippen LogP contribution is -2.30. The second kappa shape index (κ2) is 4.08. The van der Waals surface area contributed by atoms with E-state index in [0.29, 0.717) is 0 Å². The monoisotopic (exact) mass is 207 g/mol. The molecule has 0 saturated heterocycles. The van der Waals surface area contributed by atoms with E-state index in [0.717, 1.165) is 17.3 Å². The normalized spacial score (nSPS) is 30.4. The highest BCUT2D eigenvalue weighted by atomic mass is 14.9. The first-order valence-corrected chi connectivity index (χ1v) is 7.10. The zero-order valence-corrected chi connectivity index (χ0v) is 9.93. The molecule has 3 saturated carbocycles. The zero-order valence-electron chi connectivity index (χ0n) is 9.93. The Morgan fingerprint density at radius 2 is 1.67 bits per heavy atom. The van der Waals surface area contributed by atoms with Crippen LogP contribution in [0.15, 0.2) is 0 Å². The molecule has 1 heteroatoms. The van der Waals surface area contributed by atoms with Crippen LogP contribution in [0.2, 0.25) is 0 Å². The second-order valence-electron chi connectivity index (χ2n) is 6.27. The van der Waals surface area contributed by atoms with E-state index in [1.54, 1.807) is 0 Å². The Labute approximate surface area is 94.0 Å². The maximum absolute atomic E-state index is 3.78. The van der Waals surface area contributed by atoms with Crippen LogP contribution in [0.5, 0.6) is 0 Å². The number of hydrogen-bond acceptors (Lipinski definition) is 1. The standard InChI is InChI=1S/C14H25N/c1-2-4-12(5-3-1)10-15-11-14(8-9-14)13-6-7-13/h12-13,15H,1-11H2. The minimum atomic E-state index is 0.800. The molecule has 3 aliphatic carbocycles. The SMILES string of the molecule is C1CCC(CNCC2(C3CC3)CC2)CC1. The highest BCUT2D eigenvalue weighted by Crippen LogP contribution is 2.60. The quantitative estimate of drug-likeness (QED) is 0.729. The molecule has 0 aromatic rings. The highest BCUT2D eigenvalue weighted by molar-refractivity contribution is 5.05. The summed E-state index contributed by atoms with van der Waals surface area (Å²) in [5, 5.41) is 3.78. The third-order valence-corrected chi connectivity index (χ3v) is 4.97. The lowest BCUT2D eigenvalue weighted by Gasteiger charge is -2.23. The van der Waals surface area contributed by atoms with Crippen LogP contribution in [0, 0.1) is 17.3 Å². The van der Waals surface area contributed by atoms with Gasteiger partial charge in [-0.05, 0) is 62.3 Å². The van der Waals surface area contributed by atoms with Crippen LogP contribution in [0.3, 0.4) is 0 Å². The number of hydrogen-bond donors (Lipinski definition) is 1. The van der Waals surface area contributed by atoms with Crippen molar-refractivity contribution < 1.29 is 0 Å². The van der Waals surface area contributed by atoms with Gasteiger partial charge in [0.1, 0.15) is 0 Å². The molecule has 3 rings (SSSR count). The van der Waals surface area contributed by atoms with Crippen molar-refractivity contribution in [1.29, 1.82) is 0 Å². The summed E-state index contributed by atoms with van der Waals surface area (Å²) in [7, 11) is 0. The predicted molar refractivity (Wildman–Crippen MR) is 63.8 cm³/mol. The maximum Gasteiger partial charge on any atom is 0.00106 e. The number of rotatable bonds is 5. The summed E-state index contributed by atoms with van der Waals surface area (Å²) in [5.41, 5.74) is 0.800. The summed E-state index contributed by atoms with van der Waals surface area (Å²) >= 11 is 0. The summed E-state index contributed by atoms with van der Waals surface area (Å²) < 4.78 is 0. The molecule has 3 fully saturated rings. The summed E-state index contributed by atoms with van der Waals surface area (Å²) in [6, 6.07) is 0. The van der Waals surface area contributed by atoms with E-state index in [1.807, 2.05) is 0 Å². The van der Waals surface area contributed by atoms with E-state index >= 15 is 0 Å². The van der Waals surface area contributed by atoms with Crippen molar-refractivity contribution in [3.63, 3.8) is 0 Å². The minimum absolute atomic E-state index is 0.800. The van der Waals surface area contributed by atoms with Crippen LogP contribution in [-0.2, 0) is 0 Å². The van der Waals surface area contributed by atoms with Crippen LogP contribution in [0.25, 0.3) is 0 Å². The van der Waals surface area contributed by atoms with Crippen LogP contribution in [-0.4, -0.2) is 13.1 Å². The molecule has 1 nitrogen and oxygen atoms in total. The molecule has 1 N–H and O–H groups in total. The van der Waals surface area contributed by atoms with Crippen molar-refractivity contribution in [3.8, 4) is 0 Å². The van der Waals surface area contributed by atoms with Crippen molar-refractivity contribution in [2.75, 3.05) is 13.1 Å². The molecule has 0 unspecified atom stereocenters. The second-order valence-corrected chi connectivity index (χ2v) is 6.27. The molecule has 0 heterocycles. The van der Waals surface area contributed by atoms with Gasteiger partial charge in [0.15, 0.2) is 0 Å². The lowest BCUT2D eigenvalue weighted by molar-refractivity contribution is 0.319. The predicted octanol–water partition coefficient (Wildman–Crippen LogP) is 3.35. The van der Waals surface area contributed by atoms with Crippen molar-refractivity contribution >= 4 is 0 Å². The Morgan fingerprint density at radius 3 is 2.27 bits per heavy atom. The molecule has 15 heavy (non-hydrogen) atoms. The first-order chi connectivity index (χ1) is 7.39. The third-order valence-electron chi connectivity index (χ3n) is 4.97. The topological polar surface area (TPSA) is 12.0 Å². The Hall–Kier alpha value is -0.0400. The first-order valence-electron chi connectivity index (χ1n) is 7.10. The molecule has 0 atom stereocenters. The summed E-state index contributed by atoms with van der Waals surface area (Å²) in [6.45, 7) is 2.66. The van der Waals surface area contributed by atoms with Gasteiger partial charge in [0.2, 0.25) is 0 Å². The van der Waals surface area contributed by atoms with E-state index in [9.17, 15) is 0 Å². The Balaban J connectivity index is 1.35. The van der Waals surface area contributed by atoms with Gasteiger partial charge in [-0.2, -0.15) is 0 Å². The fraction of sp³-hybridized carbons (Fsp3) is 1.00. The fourth-order valence-electron chi connectivity index (χ4n) is 3.50. The molecule has 0 amide bonds. The highest BCUT2D eigenvalue weighted by Gasteiger charge is 2.53. The molecule has 3 aliphatic rings. The smallest absolute Gasteiger partial charge is 0.00106 e. The van der Waals surface area contributed by atoms with Crippen molar-refractivity contribution in [1.82, 2.24) is 5.32 Å². The average Bonchev–Trinajstić information content (AvgIpc) is 3.14. The van der Waals surface area contributed by atoms with E-state index in [4.69, 9.17) is 0 Å². The van der Waals surface area contributed by atoms with Gasteiger partial charge >= 0.3 is 0 Å². The molecule has 0 radical (unpaired) electrons. The molecule has 0 spiro atoms. The molecule has 0 aromatic carbocycles. The average molecular weight is 207 g/mol. The lowest BCUT2D eigenvalue weighted by atomic mass is 9.89. The van der Waals surface area contributed by atoms with Crippen LogP contribution in [0.4, 0.5) is 0 Å². The first kappa shape index (κ1) is 10.1. The van der Waals surface area contributed by atoms with E-state index < -0.39 is 0 Å². The van der Waals surface area contributed by atoms with Crippen LogP contribution in [0.1, 0.15) is 57.8 Å². The van der Waals surface area contributed by atoms with Gasteiger partial charge in [0.25, 0.3) is 0 Å². The largest absolute Gasteiger partial charge is 0.316 e. The maximum atomic E-state index is 3.78. The summed E-state index contributed by atoms with van der Waals surface area (Å²) in [6.07, 6.45) is 13.6. The summed E-state index contributed by atoms with van der Waals surface area (Å²) in [4.78, 5) is 0. The van der Waals surface area contributed by atoms with E-state index in [1.165, 1.54) is 70.9 Å². The summed E-state index contributed by atoms with van der Waals surface area (Å²) in [5.74, 6) is 2.13. The molecule has 0 bridgehead atoms. The van der Waals surface area contributed by atoms with Gasteiger partial charge in [-0.1, -0.05) is 19.3 Å². The van der Waals surface area contributed by atoms with Gasteiger partial charge in [-0.3, -0.25) is 0 Å². The Bertz CT molecular complexity index is 209. The minimum Gasteiger partial charge on any atom is -0.316 e. The van der Waals surface area contributed by atoms with E-state index in [2.05, 4.69) is 5.32 Å². The van der Waals surface area contributed by atoms with Gasteiger partial charge in [-0.15, -0.1) is 0 Å². The fourth-order valence-corrected chi connectivity index (χ4v) is 3.50. The van der Waals surface area contributed by atoms with Gasteiger partial charge in [0, 0.05) is 6.54 Å². The molecule has 0 aromatic heterocycles. The van der Waals surface area contributed by atoms with E-state index in [-0.39, 0.29) is 0 Å². The number of nitrogens with one attached hydrogen (secondary N) is 1. The van der Waals surface area contributed by atoms with Crippen molar-refractivity contribution in [2.45, 2.75) is 57.8 Å². The van der Waals surface area contributed by atoms with Gasteiger partial charge in [0.05, 0.1) is 0 Å². The van der Waals surface area contributed by atoms with Crippen LogP contribution < -0.4 is 5.32 Å². The van der Waals surface area contributed by atoms with Crippen LogP contribution >= 0.6 is 0 Å². The van der Waals surface area contributed by atoms with Crippen molar-refractivity contribution in [3.05, 3.63) is 0 Å². The molecular weight excluding hydrogens is 182 g/mol. The molecular formula is C14H25N.